The minimum atomic E-state index is 0. The number of halogens is 1. The number of aromatic nitrogens is 3. The first-order chi connectivity index (χ1) is 11.7. The van der Waals surface area contributed by atoms with E-state index in [1.807, 2.05) is 30.7 Å². The van der Waals surface area contributed by atoms with E-state index in [4.69, 9.17) is 0 Å². The zero-order valence-corrected chi connectivity index (χ0v) is 17.2. The molecule has 0 saturated carbocycles. The summed E-state index contributed by atoms with van der Waals surface area (Å²) in [6, 6.07) is 10.5. The van der Waals surface area contributed by atoms with Crippen molar-refractivity contribution in [1.29, 1.82) is 0 Å². The molecule has 6 nitrogen and oxygen atoms in total. The summed E-state index contributed by atoms with van der Waals surface area (Å²) in [7, 11) is 1.95. The molecule has 0 aliphatic carbocycles. The van der Waals surface area contributed by atoms with Crippen molar-refractivity contribution in [2.45, 2.75) is 26.3 Å². The second-order valence-electron chi connectivity index (χ2n) is 5.57. The molecule has 0 fully saturated rings. The van der Waals surface area contributed by atoms with E-state index in [1.165, 1.54) is 5.56 Å². The zero-order chi connectivity index (χ0) is 17.2. The summed E-state index contributed by atoms with van der Waals surface area (Å²) in [6.07, 6.45) is 3.90. The zero-order valence-electron chi connectivity index (χ0n) is 14.9. The standard InChI is InChI=1S/C18H26N6.HI/c1-4-12-19-18(21-14-17-23-22-15(2)24(17)3)20-13-8-11-16-9-6-5-7-10-16;/h4-7,9-10H,1,8,11-14H2,2-3H3,(H2,19,20,21);1H. The van der Waals surface area contributed by atoms with Crippen molar-refractivity contribution >= 4 is 29.9 Å². The number of guanidine groups is 1. The van der Waals surface area contributed by atoms with Crippen LogP contribution in [-0.2, 0) is 20.0 Å². The van der Waals surface area contributed by atoms with Crippen LogP contribution in [0.5, 0.6) is 0 Å². The molecule has 136 valence electrons. The summed E-state index contributed by atoms with van der Waals surface area (Å²) < 4.78 is 1.95. The van der Waals surface area contributed by atoms with Gasteiger partial charge in [-0.05, 0) is 25.3 Å². The SMILES string of the molecule is C=CCNC(=NCc1nnc(C)n1C)NCCCc1ccccc1.I. The first-order valence-electron chi connectivity index (χ1n) is 8.22. The Labute approximate surface area is 166 Å². The van der Waals surface area contributed by atoms with E-state index in [2.05, 4.69) is 56.7 Å². The van der Waals surface area contributed by atoms with Crippen LogP contribution >= 0.6 is 24.0 Å². The van der Waals surface area contributed by atoms with Gasteiger partial charge in [-0.25, -0.2) is 4.99 Å². The van der Waals surface area contributed by atoms with Gasteiger partial charge >= 0.3 is 0 Å². The van der Waals surface area contributed by atoms with Crippen LogP contribution in [0.2, 0.25) is 0 Å². The van der Waals surface area contributed by atoms with Crippen molar-refractivity contribution in [3.05, 3.63) is 60.2 Å². The van der Waals surface area contributed by atoms with Gasteiger partial charge in [-0.15, -0.1) is 40.8 Å². The first-order valence-corrected chi connectivity index (χ1v) is 8.22. The van der Waals surface area contributed by atoms with Crippen molar-refractivity contribution in [2.75, 3.05) is 13.1 Å². The van der Waals surface area contributed by atoms with Crippen molar-refractivity contribution in [1.82, 2.24) is 25.4 Å². The maximum atomic E-state index is 4.57. The number of hydrogen-bond acceptors (Lipinski definition) is 3. The van der Waals surface area contributed by atoms with E-state index in [0.717, 1.165) is 37.0 Å². The molecule has 0 atom stereocenters. The Bertz CT molecular complexity index is 665. The highest BCUT2D eigenvalue weighted by molar-refractivity contribution is 14.0. The van der Waals surface area contributed by atoms with Gasteiger partial charge in [0, 0.05) is 20.1 Å². The molecule has 2 rings (SSSR count). The number of aryl methyl sites for hydroxylation is 2. The van der Waals surface area contributed by atoms with Gasteiger partial charge in [0.15, 0.2) is 11.8 Å². The molecule has 1 aromatic carbocycles. The molecule has 25 heavy (non-hydrogen) atoms. The van der Waals surface area contributed by atoms with Crippen LogP contribution in [0.15, 0.2) is 48.0 Å². The van der Waals surface area contributed by atoms with Crippen LogP contribution in [0.4, 0.5) is 0 Å². The number of benzene rings is 1. The Kier molecular flexibility index (Phi) is 9.83. The third kappa shape index (κ3) is 7.25. The van der Waals surface area contributed by atoms with Gasteiger partial charge in [-0.2, -0.15) is 0 Å². The summed E-state index contributed by atoms with van der Waals surface area (Å²) in [4.78, 5) is 4.57. The summed E-state index contributed by atoms with van der Waals surface area (Å²) in [5.41, 5.74) is 1.35. The van der Waals surface area contributed by atoms with Gasteiger partial charge in [0.1, 0.15) is 12.4 Å². The Morgan fingerprint density at radius 2 is 2.00 bits per heavy atom. The molecule has 0 unspecified atom stereocenters. The minimum Gasteiger partial charge on any atom is -0.356 e. The fraction of sp³-hybridized carbons (Fsp3) is 0.389. The van der Waals surface area contributed by atoms with E-state index in [0.29, 0.717) is 13.1 Å². The van der Waals surface area contributed by atoms with E-state index < -0.39 is 0 Å². The van der Waals surface area contributed by atoms with E-state index in [1.54, 1.807) is 0 Å². The monoisotopic (exact) mass is 454 g/mol. The maximum absolute atomic E-state index is 4.57. The molecule has 0 aliphatic rings. The Hall–Kier alpha value is -1.90. The Morgan fingerprint density at radius 1 is 1.24 bits per heavy atom. The van der Waals surface area contributed by atoms with Gasteiger partial charge in [0.25, 0.3) is 0 Å². The molecule has 7 heteroatoms. The van der Waals surface area contributed by atoms with E-state index in [9.17, 15) is 0 Å². The predicted molar refractivity (Wildman–Crippen MR) is 113 cm³/mol. The summed E-state index contributed by atoms with van der Waals surface area (Å²) in [6.45, 7) is 7.68. The summed E-state index contributed by atoms with van der Waals surface area (Å²) in [5.74, 6) is 2.50. The number of hydrogen-bond donors (Lipinski definition) is 2. The van der Waals surface area contributed by atoms with Crippen molar-refractivity contribution in [3.63, 3.8) is 0 Å². The number of nitrogens with one attached hydrogen (secondary N) is 2. The molecule has 2 aromatic rings. The lowest BCUT2D eigenvalue weighted by Crippen LogP contribution is -2.38. The quantitative estimate of drug-likeness (QED) is 0.212. The van der Waals surface area contributed by atoms with E-state index >= 15 is 0 Å². The minimum absolute atomic E-state index is 0. The molecular weight excluding hydrogens is 427 g/mol. The van der Waals surface area contributed by atoms with Crippen LogP contribution < -0.4 is 10.6 Å². The molecule has 1 aromatic heterocycles. The van der Waals surface area contributed by atoms with Gasteiger partial charge in [-0.1, -0.05) is 36.4 Å². The molecule has 0 aliphatic heterocycles. The van der Waals surface area contributed by atoms with Crippen molar-refractivity contribution in [3.8, 4) is 0 Å². The normalized spacial score (nSPS) is 10.9. The Morgan fingerprint density at radius 3 is 2.64 bits per heavy atom. The third-order valence-electron chi connectivity index (χ3n) is 3.75. The van der Waals surface area contributed by atoms with Crippen LogP contribution in [0.25, 0.3) is 0 Å². The van der Waals surface area contributed by atoms with E-state index in [-0.39, 0.29) is 24.0 Å². The first kappa shape index (κ1) is 21.1. The number of rotatable bonds is 8. The third-order valence-corrected chi connectivity index (χ3v) is 3.75. The molecule has 1 heterocycles. The highest BCUT2D eigenvalue weighted by atomic mass is 127. The summed E-state index contributed by atoms with van der Waals surface area (Å²) >= 11 is 0. The Balaban J connectivity index is 0.00000312. The van der Waals surface area contributed by atoms with Crippen LogP contribution in [-0.4, -0.2) is 33.8 Å². The molecule has 2 N–H and O–H groups in total. The lowest BCUT2D eigenvalue weighted by atomic mass is 10.1. The lowest BCUT2D eigenvalue weighted by Gasteiger charge is -2.11. The maximum Gasteiger partial charge on any atom is 0.191 e. The molecule has 0 amide bonds. The van der Waals surface area contributed by atoms with Crippen LogP contribution in [0.3, 0.4) is 0 Å². The second-order valence-corrected chi connectivity index (χ2v) is 5.57. The molecule has 0 radical (unpaired) electrons. The average Bonchev–Trinajstić information content (AvgIpc) is 2.93. The van der Waals surface area contributed by atoms with Crippen LogP contribution in [0, 0.1) is 6.92 Å². The molecule has 0 saturated heterocycles. The van der Waals surface area contributed by atoms with Crippen molar-refractivity contribution < 1.29 is 0 Å². The largest absolute Gasteiger partial charge is 0.356 e. The number of aliphatic imine (C=N–C) groups is 1. The van der Waals surface area contributed by atoms with Gasteiger partial charge in [-0.3, -0.25) is 0 Å². The second kappa shape index (κ2) is 11.6. The molecule has 0 spiro atoms. The highest BCUT2D eigenvalue weighted by Gasteiger charge is 2.04. The van der Waals surface area contributed by atoms with Gasteiger partial charge in [0.05, 0.1) is 0 Å². The van der Waals surface area contributed by atoms with Gasteiger partial charge < -0.3 is 15.2 Å². The fourth-order valence-corrected chi connectivity index (χ4v) is 2.23. The van der Waals surface area contributed by atoms with Crippen molar-refractivity contribution in [2.24, 2.45) is 12.0 Å². The number of nitrogens with zero attached hydrogens (tertiary/aromatic N) is 4. The lowest BCUT2D eigenvalue weighted by molar-refractivity contribution is 0.734. The predicted octanol–water partition coefficient (Wildman–Crippen LogP) is 2.60. The average molecular weight is 454 g/mol. The summed E-state index contributed by atoms with van der Waals surface area (Å²) in [5, 5.41) is 14.8. The molecule has 0 bridgehead atoms. The topological polar surface area (TPSA) is 67.1 Å². The highest BCUT2D eigenvalue weighted by Crippen LogP contribution is 2.02. The fourth-order valence-electron chi connectivity index (χ4n) is 2.23. The van der Waals surface area contributed by atoms with Crippen LogP contribution in [0.1, 0.15) is 23.6 Å². The molecular formula is C18H27IN6. The van der Waals surface area contributed by atoms with Gasteiger partial charge in [0.2, 0.25) is 0 Å². The smallest absolute Gasteiger partial charge is 0.191 e.